The Morgan fingerprint density at radius 1 is 1.40 bits per heavy atom. The number of fused-ring (bicyclic) bond motifs is 1. The number of aliphatic imine (C=N–C) groups is 1. The van der Waals surface area contributed by atoms with Crippen molar-refractivity contribution >= 4 is 29.9 Å². The van der Waals surface area contributed by atoms with Gasteiger partial charge in [-0.3, -0.25) is 9.59 Å². The predicted molar refractivity (Wildman–Crippen MR) is 94.8 cm³/mol. The fourth-order valence-corrected chi connectivity index (χ4v) is 2.97. The molecule has 2 rings (SSSR count). The van der Waals surface area contributed by atoms with Gasteiger partial charge in [0, 0.05) is 12.6 Å². The Morgan fingerprint density at radius 3 is 2.64 bits per heavy atom. The summed E-state index contributed by atoms with van der Waals surface area (Å²) in [7, 11) is 2.99. The summed E-state index contributed by atoms with van der Waals surface area (Å²) < 4.78 is 1.33. The van der Waals surface area contributed by atoms with E-state index in [0.717, 1.165) is 24.5 Å². The molecular weight excluding hydrogens is 322 g/mol. The first kappa shape index (κ1) is 19.0. The average molecular weight is 348 g/mol. The van der Waals surface area contributed by atoms with Crippen LogP contribution in [0.25, 0.3) is 0 Å². The molecule has 2 atom stereocenters. The normalized spacial score (nSPS) is 21.4. The van der Waals surface area contributed by atoms with E-state index in [1.807, 2.05) is 6.92 Å². The molecule has 2 unspecified atom stereocenters. The van der Waals surface area contributed by atoms with Crippen molar-refractivity contribution in [2.75, 3.05) is 33.7 Å². The highest BCUT2D eigenvalue weighted by molar-refractivity contribution is 6.21. The zero-order valence-electron chi connectivity index (χ0n) is 15.4. The molecule has 0 fully saturated rings. The van der Waals surface area contributed by atoms with Crippen molar-refractivity contribution in [3.63, 3.8) is 0 Å². The molecule has 0 spiro atoms. The molecule has 0 radical (unpaired) electrons. The minimum Gasteiger partial charge on any atom is -0.348 e. The van der Waals surface area contributed by atoms with Crippen molar-refractivity contribution in [2.24, 2.45) is 10.9 Å². The number of urea groups is 1. The van der Waals surface area contributed by atoms with Crippen molar-refractivity contribution in [3.8, 4) is 0 Å². The Morgan fingerprint density at radius 2 is 2.04 bits per heavy atom. The number of rotatable bonds is 6. The Kier molecular flexibility index (Phi) is 5.84. The standard InChI is InChI=1S/C17H25N5O3/c1-6-22(7-2)10-11(3)19-15(23)12-8-13-14(18-9-12)20(4)17(25)21(5)16(13)24/h8-9,11,13H,6-7,10H2,1-5H3/p+1. The van der Waals surface area contributed by atoms with Gasteiger partial charge >= 0.3 is 11.9 Å². The molecule has 25 heavy (non-hydrogen) atoms. The molecule has 0 saturated heterocycles. The number of hydrogen-bond acceptors (Lipinski definition) is 5. The topological polar surface area (TPSA) is 85.1 Å². The number of dihydropyridines is 1. The van der Waals surface area contributed by atoms with Crippen LogP contribution in [0.4, 0.5) is 4.79 Å². The van der Waals surface area contributed by atoms with Gasteiger partial charge in [0.25, 0.3) is 11.7 Å². The van der Waals surface area contributed by atoms with Crippen LogP contribution in [0.15, 0.2) is 16.6 Å². The van der Waals surface area contributed by atoms with E-state index >= 15 is 0 Å². The average Bonchev–Trinajstić information content (AvgIpc) is 2.61. The summed E-state index contributed by atoms with van der Waals surface area (Å²) in [5, 5.41) is 2.94. The van der Waals surface area contributed by atoms with E-state index in [0.29, 0.717) is 11.4 Å². The van der Waals surface area contributed by atoms with E-state index in [1.165, 1.54) is 17.8 Å². The Bertz CT molecular complexity index is 676. The van der Waals surface area contributed by atoms with Crippen LogP contribution in [-0.4, -0.2) is 84.0 Å². The minimum absolute atomic E-state index is 0.0268. The molecular formula is C17H26N5O3+. The van der Waals surface area contributed by atoms with Crippen molar-refractivity contribution in [1.82, 2.24) is 15.1 Å². The monoisotopic (exact) mass is 348 g/mol. The fourth-order valence-electron chi connectivity index (χ4n) is 2.97. The summed E-state index contributed by atoms with van der Waals surface area (Å²) in [6.45, 7) is 8.69. The first-order valence-corrected chi connectivity index (χ1v) is 8.51. The van der Waals surface area contributed by atoms with Gasteiger partial charge < -0.3 is 10.2 Å². The highest BCUT2D eigenvalue weighted by Crippen LogP contribution is 2.19. The van der Waals surface area contributed by atoms with Crippen LogP contribution >= 0.6 is 0 Å². The summed E-state index contributed by atoms with van der Waals surface area (Å²) in [5.74, 6) is -1.01. The SMILES string of the molecule is CCN(CC)CC(C)NC(=O)C1=CC2C(=O)N(C)C(=O)[N+](C)=C2N=C1. The molecule has 0 saturated carbocycles. The minimum atomic E-state index is -0.712. The van der Waals surface area contributed by atoms with Crippen LogP contribution in [0.5, 0.6) is 0 Å². The number of amides is 4. The number of nitrogens with zero attached hydrogens (tertiary/aromatic N) is 4. The number of imide groups is 1. The first-order chi connectivity index (χ1) is 11.8. The summed E-state index contributed by atoms with van der Waals surface area (Å²) in [4.78, 5) is 44.2. The van der Waals surface area contributed by atoms with Gasteiger partial charge in [-0.15, -0.1) is 4.99 Å². The lowest BCUT2D eigenvalue weighted by atomic mass is 9.98. The van der Waals surface area contributed by atoms with E-state index in [4.69, 9.17) is 0 Å². The molecule has 0 bridgehead atoms. The van der Waals surface area contributed by atoms with Crippen molar-refractivity contribution in [3.05, 3.63) is 11.6 Å². The van der Waals surface area contributed by atoms with Gasteiger partial charge in [-0.05, 0) is 26.1 Å². The van der Waals surface area contributed by atoms with E-state index in [-0.39, 0.29) is 17.9 Å². The van der Waals surface area contributed by atoms with Crippen LogP contribution in [0, 0.1) is 5.92 Å². The van der Waals surface area contributed by atoms with Gasteiger partial charge in [-0.1, -0.05) is 13.8 Å². The van der Waals surface area contributed by atoms with Crippen molar-refractivity contribution < 1.29 is 19.0 Å². The van der Waals surface area contributed by atoms with Crippen molar-refractivity contribution in [1.29, 1.82) is 0 Å². The number of nitrogens with one attached hydrogen (secondary N) is 1. The molecule has 0 aromatic rings. The third kappa shape index (κ3) is 3.84. The molecule has 136 valence electrons. The van der Waals surface area contributed by atoms with Gasteiger partial charge in [-0.2, -0.15) is 9.48 Å². The number of carbonyl (C=O) groups excluding carboxylic acids is 3. The lowest BCUT2D eigenvalue weighted by Gasteiger charge is -2.25. The maximum Gasteiger partial charge on any atom is 0.445 e. The molecule has 0 aliphatic carbocycles. The van der Waals surface area contributed by atoms with Gasteiger partial charge in [0.05, 0.1) is 19.7 Å². The maximum atomic E-state index is 12.5. The number of amidine groups is 1. The summed E-state index contributed by atoms with van der Waals surface area (Å²) in [6, 6.07) is -0.455. The Balaban J connectivity index is 2.13. The summed E-state index contributed by atoms with van der Waals surface area (Å²) in [6.07, 6.45) is 2.98. The van der Waals surface area contributed by atoms with Crippen molar-refractivity contribution in [2.45, 2.75) is 26.8 Å². The first-order valence-electron chi connectivity index (χ1n) is 8.51. The Labute approximate surface area is 147 Å². The zero-order chi connectivity index (χ0) is 18.7. The number of hydrogen-bond donors (Lipinski definition) is 1. The van der Waals surface area contributed by atoms with E-state index in [1.54, 1.807) is 13.1 Å². The molecule has 0 aromatic heterocycles. The van der Waals surface area contributed by atoms with Crippen LogP contribution in [0.2, 0.25) is 0 Å². The maximum absolute atomic E-state index is 12.5. The number of carbonyl (C=O) groups is 3. The zero-order valence-corrected chi connectivity index (χ0v) is 15.4. The van der Waals surface area contributed by atoms with Crippen LogP contribution in [0.1, 0.15) is 20.8 Å². The smallest absolute Gasteiger partial charge is 0.348 e. The molecule has 8 heteroatoms. The van der Waals surface area contributed by atoms with Gasteiger partial charge in [0.2, 0.25) is 0 Å². The molecule has 2 aliphatic heterocycles. The third-order valence-electron chi connectivity index (χ3n) is 4.54. The Hall–Kier alpha value is -2.35. The number of likely N-dealkylation sites (N-methyl/N-ethyl adjacent to an activating group) is 1. The quantitative estimate of drug-likeness (QED) is 0.690. The summed E-state index contributed by atoms with van der Waals surface area (Å²) >= 11 is 0. The molecule has 1 N–H and O–H groups in total. The second-order valence-electron chi connectivity index (χ2n) is 6.32. The fraction of sp³-hybridized carbons (Fsp3) is 0.588. The van der Waals surface area contributed by atoms with E-state index < -0.39 is 11.9 Å². The highest BCUT2D eigenvalue weighted by Gasteiger charge is 2.44. The third-order valence-corrected chi connectivity index (χ3v) is 4.54. The molecule has 4 amide bonds. The molecule has 8 nitrogen and oxygen atoms in total. The van der Waals surface area contributed by atoms with Gasteiger partial charge in [0.1, 0.15) is 6.21 Å². The lowest BCUT2D eigenvalue weighted by Crippen LogP contribution is -2.52. The second-order valence-corrected chi connectivity index (χ2v) is 6.32. The van der Waals surface area contributed by atoms with Gasteiger partial charge in [-0.25, -0.2) is 4.79 Å². The predicted octanol–water partition coefficient (Wildman–Crippen LogP) is 0.0927. The second kappa shape index (κ2) is 7.69. The largest absolute Gasteiger partial charge is 0.445 e. The van der Waals surface area contributed by atoms with E-state index in [2.05, 4.69) is 29.1 Å². The lowest BCUT2D eigenvalue weighted by molar-refractivity contribution is -0.407. The van der Waals surface area contributed by atoms with Gasteiger partial charge in [0.15, 0.2) is 5.92 Å². The van der Waals surface area contributed by atoms with Crippen LogP contribution < -0.4 is 5.32 Å². The highest BCUT2D eigenvalue weighted by atomic mass is 16.2. The van der Waals surface area contributed by atoms with Crippen LogP contribution in [0.3, 0.4) is 0 Å². The summed E-state index contributed by atoms with van der Waals surface area (Å²) in [5.41, 5.74) is 0.338. The molecule has 2 heterocycles. The molecule has 2 aliphatic rings. The van der Waals surface area contributed by atoms with E-state index in [9.17, 15) is 14.4 Å². The van der Waals surface area contributed by atoms with Crippen LogP contribution in [-0.2, 0) is 9.59 Å². The molecule has 0 aromatic carbocycles.